The van der Waals surface area contributed by atoms with E-state index in [4.69, 9.17) is 0 Å². The van der Waals surface area contributed by atoms with Gasteiger partial charge < -0.3 is 10.2 Å². The van der Waals surface area contributed by atoms with Crippen molar-refractivity contribution in [1.82, 2.24) is 10.2 Å². The number of carbonyl (C=O) groups is 1. The van der Waals surface area contributed by atoms with Crippen LogP contribution in [0.25, 0.3) is 0 Å². The van der Waals surface area contributed by atoms with Crippen molar-refractivity contribution in [2.45, 2.75) is 32.1 Å². The lowest BCUT2D eigenvalue weighted by Crippen LogP contribution is -2.39. The first-order chi connectivity index (χ1) is 7.29. The van der Waals surface area contributed by atoms with E-state index < -0.39 is 0 Å². The van der Waals surface area contributed by atoms with Gasteiger partial charge in [-0.05, 0) is 32.2 Å². The van der Waals surface area contributed by atoms with Gasteiger partial charge >= 0.3 is 0 Å². The van der Waals surface area contributed by atoms with Crippen LogP contribution in [-0.4, -0.2) is 37.0 Å². The fourth-order valence-corrected chi connectivity index (χ4v) is 3.18. The molecule has 3 rings (SSSR count). The van der Waals surface area contributed by atoms with Gasteiger partial charge in [-0.2, -0.15) is 0 Å². The maximum atomic E-state index is 12.1. The van der Waals surface area contributed by atoms with Crippen molar-refractivity contribution in [3.63, 3.8) is 0 Å². The summed E-state index contributed by atoms with van der Waals surface area (Å²) in [5.41, 5.74) is 0.444. The molecule has 0 bridgehead atoms. The molecule has 3 heteroatoms. The molecule has 1 N–H and O–H groups in total. The lowest BCUT2D eigenvalue weighted by atomic mass is 9.84. The summed E-state index contributed by atoms with van der Waals surface area (Å²) in [6.45, 7) is 4.30. The average Bonchev–Trinajstić information content (AvgIpc) is 2.74. The molecule has 84 valence electrons. The first-order valence-corrected chi connectivity index (χ1v) is 6.29. The molecule has 3 aliphatic rings. The first-order valence-electron chi connectivity index (χ1n) is 6.29. The number of nitrogens with one attached hydrogen (secondary N) is 1. The Bertz CT molecular complexity index is 267. The lowest BCUT2D eigenvalue weighted by molar-refractivity contribution is -0.137. The highest BCUT2D eigenvalue weighted by atomic mass is 16.2. The van der Waals surface area contributed by atoms with Crippen molar-refractivity contribution in [2.75, 3.05) is 26.2 Å². The molecule has 0 aromatic carbocycles. The van der Waals surface area contributed by atoms with Gasteiger partial charge in [0.05, 0.1) is 0 Å². The van der Waals surface area contributed by atoms with E-state index in [-0.39, 0.29) is 0 Å². The van der Waals surface area contributed by atoms with Gasteiger partial charge in [-0.1, -0.05) is 6.42 Å². The Kier molecular flexibility index (Phi) is 2.23. The van der Waals surface area contributed by atoms with E-state index in [2.05, 4.69) is 10.2 Å². The summed E-state index contributed by atoms with van der Waals surface area (Å²) >= 11 is 0. The predicted molar refractivity (Wildman–Crippen MR) is 58.5 cm³/mol. The lowest BCUT2D eigenvalue weighted by Gasteiger charge is -2.30. The molecule has 1 amide bonds. The standard InChI is InChI=1S/C12H20N2O/c15-11(10-2-1-3-10)14-7-5-12(9-14)4-6-13-8-12/h10,13H,1-9H2. The van der Waals surface area contributed by atoms with Gasteiger partial charge in [0.1, 0.15) is 0 Å². The molecule has 2 aliphatic heterocycles. The third-order valence-corrected chi connectivity index (χ3v) is 4.54. The fraction of sp³-hybridized carbons (Fsp3) is 0.917. The molecule has 1 spiro atoms. The Balaban J connectivity index is 1.62. The van der Waals surface area contributed by atoms with Crippen LogP contribution in [-0.2, 0) is 4.79 Å². The molecule has 1 aliphatic carbocycles. The van der Waals surface area contributed by atoms with Crippen LogP contribution in [0.1, 0.15) is 32.1 Å². The Morgan fingerprint density at radius 1 is 1.33 bits per heavy atom. The van der Waals surface area contributed by atoms with E-state index in [0.717, 1.165) is 39.0 Å². The quantitative estimate of drug-likeness (QED) is 0.697. The average molecular weight is 208 g/mol. The SMILES string of the molecule is O=C(C1CCC1)N1CCC2(CCNC2)C1. The third kappa shape index (κ3) is 1.57. The zero-order chi connectivity index (χ0) is 10.3. The summed E-state index contributed by atoms with van der Waals surface area (Å²) in [6, 6.07) is 0. The molecule has 1 atom stereocenters. The summed E-state index contributed by atoms with van der Waals surface area (Å²) in [5.74, 6) is 0.833. The van der Waals surface area contributed by atoms with E-state index in [9.17, 15) is 4.79 Å². The number of hydrogen-bond donors (Lipinski definition) is 1. The van der Waals surface area contributed by atoms with Crippen molar-refractivity contribution in [3.8, 4) is 0 Å². The molecular formula is C12H20N2O. The molecule has 15 heavy (non-hydrogen) atoms. The number of nitrogens with zero attached hydrogens (tertiary/aromatic N) is 1. The van der Waals surface area contributed by atoms with Gasteiger partial charge in [-0.25, -0.2) is 0 Å². The second kappa shape index (κ2) is 3.48. The maximum absolute atomic E-state index is 12.1. The summed E-state index contributed by atoms with van der Waals surface area (Å²) < 4.78 is 0. The third-order valence-electron chi connectivity index (χ3n) is 4.54. The molecule has 2 heterocycles. The Labute approximate surface area is 91.2 Å². The van der Waals surface area contributed by atoms with Crippen LogP contribution >= 0.6 is 0 Å². The molecule has 3 nitrogen and oxygen atoms in total. The second-order valence-corrected chi connectivity index (χ2v) is 5.56. The van der Waals surface area contributed by atoms with Crippen LogP contribution in [0.15, 0.2) is 0 Å². The zero-order valence-corrected chi connectivity index (χ0v) is 9.30. The Hall–Kier alpha value is -0.570. The van der Waals surface area contributed by atoms with Gasteiger partial charge in [0.25, 0.3) is 0 Å². The van der Waals surface area contributed by atoms with Crippen molar-refractivity contribution >= 4 is 5.91 Å². The number of rotatable bonds is 1. The molecule has 1 unspecified atom stereocenters. The number of hydrogen-bond acceptors (Lipinski definition) is 2. The monoisotopic (exact) mass is 208 g/mol. The highest BCUT2D eigenvalue weighted by molar-refractivity contribution is 5.80. The van der Waals surface area contributed by atoms with Crippen molar-refractivity contribution < 1.29 is 4.79 Å². The van der Waals surface area contributed by atoms with Gasteiger partial charge in [0.15, 0.2) is 0 Å². The highest BCUT2D eigenvalue weighted by Crippen LogP contribution is 2.38. The van der Waals surface area contributed by atoms with E-state index in [1.165, 1.54) is 19.3 Å². The topological polar surface area (TPSA) is 32.3 Å². The van der Waals surface area contributed by atoms with Gasteiger partial charge in [0, 0.05) is 31.0 Å². The van der Waals surface area contributed by atoms with E-state index in [1.807, 2.05) is 0 Å². The molecule has 0 aromatic heterocycles. The number of likely N-dealkylation sites (tertiary alicyclic amines) is 1. The smallest absolute Gasteiger partial charge is 0.225 e. The molecule has 2 saturated heterocycles. The summed E-state index contributed by atoms with van der Waals surface area (Å²) in [5, 5.41) is 3.43. The van der Waals surface area contributed by atoms with Crippen LogP contribution in [0.3, 0.4) is 0 Å². The molecular weight excluding hydrogens is 188 g/mol. The Morgan fingerprint density at radius 3 is 2.80 bits per heavy atom. The Morgan fingerprint density at radius 2 is 2.20 bits per heavy atom. The minimum absolute atomic E-state index is 0.384. The van der Waals surface area contributed by atoms with Crippen LogP contribution in [0.4, 0.5) is 0 Å². The van der Waals surface area contributed by atoms with Gasteiger partial charge in [-0.15, -0.1) is 0 Å². The van der Waals surface area contributed by atoms with Crippen molar-refractivity contribution in [1.29, 1.82) is 0 Å². The van der Waals surface area contributed by atoms with Gasteiger partial charge in [0.2, 0.25) is 5.91 Å². The maximum Gasteiger partial charge on any atom is 0.225 e. The first kappa shape index (κ1) is 9.64. The highest BCUT2D eigenvalue weighted by Gasteiger charge is 2.43. The fourth-order valence-electron chi connectivity index (χ4n) is 3.18. The van der Waals surface area contributed by atoms with Crippen molar-refractivity contribution in [2.24, 2.45) is 11.3 Å². The minimum atomic E-state index is 0.384. The van der Waals surface area contributed by atoms with Crippen LogP contribution in [0, 0.1) is 11.3 Å². The summed E-state index contributed by atoms with van der Waals surface area (Å²) in [7, 11) is 0. The molecule has 3 fully saturated rings. The van der Waals surface area contributed by atoms with Crippen LogP contribution in [0.2, 0.25) is 0 Å². The van der Waals surface area contributed by atoms with Crippen LogP contribution in [0.5, 0.6) is 0 Å². The molecule has 1 saturated carbocycles. The minimum Gasteiger partial charge on any atom is -0.342 e. The number of carbonyl (C=O) groups excluding carboxylic acids is 1. The summed E-state index contributed by atoms with van der Waals surface area (Å²) in [6.07, 6.45) is 6.03. The van der Waals surface area contributed by atoms with Crippen molar-refractivity contribution in [3.05, 3.63) is 0 Å². The summed E-state index contributed by atoms with van der Waals surface area (Å²) in [4.78, 5) is 14.2. The van der Waals surface area contributed by atoms with Gasteiger partial charge in [-0.3, -0.25) is 4.79 Å². The number of amides is 1. The van der Waals surface area contributed by atoms with E-state index >= 15 is 0 Å². The second-order valence-electron chi connectivity index (χ2n) is 5.56. The molecule has 0 radical (unpaired) electrons. The van der Waals surface area contributed by atoms with Crippen LogP contribution < -0.4 is 5.32 Å². The zero-order valence-electron chi connectivity index (χ0n) is 9.30. The van der Waals surface area contributed by atoms with E-state index in [0.29, 0.717) is 17.2 Å². The van der Waals surface area contributed by atoms with E-state index in [1.54, 1.807) is 0 Å². The molecule has 0 aromatic rings. The predicted octanol–water partition coefficient (Wildman–Crippen LogP) is 0.998. The normalized spacial score (nSPS) is 36.1. The largest absolute Gasteiger partial charge is 0.342 e.